The van der Waals surface area contributed by atoms with Gasteiger partial charge in [0.05, 0.1) is 11.6 Å². The number of benzene rings is 2. The van der Waals surface area contributed by atoms with Crippen molar-refractivity contribution in [3.63, 3.8) is 0 Å². The Bertz CT molecular complexity index is 864. The van der Waals surface area contributed by atoms with Crippen molar-refractivity contribution in [2.45, 2.75) is 32.1 Å². The minimum Gasteiger partial charge on any atom is -0.347 e. The molecule has 1 heterocycles. The molecule has 0 radical (unpaired) electrons. The van der Waals surface area contributed by atoms with E-state index in [0.29, 0.717) is 5.56 Å². The predicted octanol–water partition coefficient (Wildman–Crippen LogP) is 3.54. The maximum Gasteiger partial charge on any atom is 0.416 e. The largest absolute Gasteiger partial charge is 0.416 e. The van der Waals surface area contributed by atoms with E-state index in [9.17, 15) is 22.8 Å². The number of halogens is 3. The molecule has 1 aliphatic rings. The molecule has 7 heteroatoms. The molecular weight excluding hydrogens is 357 g/mol. The molecule has 2 amide bonds. The molecule has 1 unspecified atom stereocenters. The first-order chi connectivity index (χ1) is 12.7. The lowest BCUT2D eigenvalue weighted by atomic mass is 10.1. The van der Waals surface area contributed by atoms with Crippen molar-refractivity contribution < 1.29 is 22.8 Å². The number of carbonyl (C=O) groups is 2. The lowest BCUT2D eigenvalue weighted by Gasteiger charge is -2.20. The highest BCUT2D eigenvalue weighted by Crippen LogP contribution is 2.32. The van der Waals surface area contributed by atoms with Crippen LogP contribution < -0.4 is 5.32 Å². The van der Waals surface area contributed by atoms with Crippen molar-refractivity contribution in [3.8, 4) is 0 Å². The maximum absolute atomic E-state index is 13.1. The van der Waals surface area contributed by atoms with Crippen molar-refractivity contribution in [2.75, 3.05) is 6.54 Å². The number of likely N-dealkylation sites (tertiary alicyclic amines) is 1. The van der Waals surface area contributed by atoms with Gasteiger partial charge in [0.2, 0.25) is 5.91 Å². The average molecular weight is 376 g/mol. The first-order valence-electron chi connectivity index (χ1n) is 8.54. The highest BCUT2D eigenvalue weighted by Gasteiger charge is 2.36. The van der Waals surface area contributed by atoms with Gasteiger partial charge in [-0.1, -0.05) is 35.9 Å². The molecule has 1 N–H and O–H groups in total. The van der Waals surface area contributed by atoms with Crippen LogP contribution in [0.5, 0.6) is 0 Å². The predicted molar refractivity (Wildman–Crippen MR) is 93.9 cm³/mol. The lowest BCUT2D eigenvalue weighted by molar-refractivity contribution is -0.139. The first kappa shape index (κ1) is 18.9. The van der Waals surface area contributed by atoms with Gasteiger partial charge >= 0.3 is 6.18 Å². The maximum atomic E-state index is 13.1. The monoisotopic (exact) mass is 376 g/mol. The Kier molecular flexibility index (Phi) is 5.21. The summed E-state index contributed by atoms with van der Waals surface area (Å²) in [5.41, 5.74) is 0.730. The summed E-state index contributed by atoms with van der Waals surface area (Å²) in [7, 11) is 0. The van der Waals surface area contributed by atoms with Crippen LogP contribution in [0.2, 0.25) is 0 Å². The molecule has 0 aliphatic carbocycles. The minimum atomic E-state index is -4.47. The number of aryl methyl sites for hydroxylation is 1. The normalized spacial score (nSPS) is 17.3. The van der Waals surface area contributed by atoms with Crippen molar-refractivity contribution in [2.24, 2.45) is 0 Å². The van der Waals surface area contributed by atoms with Crippen LogP contribution in [-0.4, -0.2) is 29.3 Å². The summed E-state index contributed by atoms with van der Waals surface area (Å²) in [6.07, 6.45) is -4.40. The number of hydrogen-bond acceptors (Lipinski definition) is 2. The van der Waals surface area contributed by atoms with E-state index in [1.165, 1.54) is 23.1 Å². The van der Waals surface area contributed by atoms with Crippen molar-refractivity contribution in [3.05, 3.63) is 70.8 Å². The van der Waals surface area contributed by atoms with Crippen LogP contribution in [0.15, 0.2) is 48.5 Å². The zero-order chi connectivity index (χ0) is 19.6. The fourth-order valence-corrected chi connectivity index (χ4v) is 3.22. The molecule has 0 saturated carbocycles. The Morgan fingerprint density at radius 1 is 1.19 bits per heavy atom. The fourth-order valence-electron chi connectivity index (χ4n) is 3.22. The first-order valence-corrected chi connectivity index (χ1v) is 8.54. The average Bonchev–Trinajstić information content (AvgIpc) is 2.93. The summed E-state index contributed by atoms with van der Waals surface area (Å²) in [4.78, 5) is 25.9. The Labute approximate surface area is 155 Å². The lowest BCUT2D eigenvalue weighted by Crippen LogP contribution is -2.37. The van der Waals surface area contributed by atoms with E-state index in [4.69, 9.17) is 0 Å². The van der Waals surface area contributed by atoms with E-state index in [1.54, 1.807) is 18.2 Å². The Hall–Kier alpha value is -2.83. The third kappa shape index (κ3) is 4.48. The van der Waals surface area contributed by atoms with Crippen LogP contribution in [0.3, 0.4) is 0 Å². The quantitative estimate of drug-likeness (QED) is 0.887. The Balaban J connectivity index is 1.67. The van der Waals surface area contributed by atoms with Crippen LogP contribution in [0, 0.1) is 6.92 Å². The molecule has 142 valence electrons. The van der Waals surface area contributed by atoms with Gasteiger partial charge in [-0.15, -0.1) is 0 Å². The Morgan fingerprint density at radius 2 is 1.93 bits per heavy atom. The number of rotatable bonds is 4. The summed E-state index contributed by atoms with van der Waals surface area (Å²) in [6.45, 7) is 1.92. The second kappa shape index (κ2) is 7.42. The molecule has 0 aromatic heterocycles. The minimum absolute atomic E-state index is 0.0454. The SMILES string of the molecule is Cc1cccc(C(=O)NC2CC(=O)N(Cc3ccccc3C(F)(F)F)C2)c1. The van der Waals surface area contributed by atoms with E-state index in [1.807, 2.05) is 13.0 Å². The van der Waals surface area contributed by atoms with Gasteiger partial charge in [-0.3, -0.25) is 9.59 Å². The molecule has 1 aliphatic heterocycles. The molecule has 4 nitrogen and oxygen atoms in total. The molecule has 1 saturated heterocycles. The zero-order valence-corrected chi connectivity index (χ0v) is 14.7. The van der Waals surface area contributed by atoms with Crippen LogP contribution in [0.25, 0.3) is 0 Å². The second-order valence-electron chi connectivity index (χ2n) is 6.67. The molecule has 0 bridgehead atoms. The van der Waals surface area contributed by atoms with E-state index >= 15 is 0 Å². The molecular formula is C20H19F3N2O2. The van der Waals surface area contributed by atoms with Gasteiger partial charge in [0.15, 0.2) is 0 Å². The van der Waals surface area contributed by atoms with E-state index in [2.05, 4.69) is 5.32 Å². The highest BCUT2D eigenvalue weighted by molar-refractivity contribution is 5.95. The van der Waals surface area contributed by atoms with Gasteiger partial charge in [-0.2, -0.15) is 13.2 Å². The molecule has 27 heavy (non-hydrogen) atoms. The molecule has 2 aromatic rings. The molecule has 1 fully saturated rings. The van der Waals surface area contributed by atoms with Crippen molar-refractivity contribution >= 4 is 11.8 Å². The van der Waals surface area contributed by atoms with Gasteiger partial charge in [-0.05, 0) is 30.7 Å². The smallest absolute Gasteiger partial charge is 0.347 e. The van der Waals surface area contributed by atoms with Gasteiger partial charge in [0, 0.05) is 25.1 Å². The zero-order valence-electron chi connectivity index (χ0n) is 14.7. The molecule has 3 rings (SSSR count). The van der Waals surface area contributed by atoms with Gasteiger partial charge in [0.25, 0.3) is 5.91 Å². The number of nitrogens with zero attached hydrogens (tertiary/aromatic N) is 1. The van der Waals surface area contributed by atoms with Crippen molar-refractivity contribution in [1.82, 2.24) is 10.2 Å². The van der Waals surface area contributed by atoms with E-state index in [0.717, 1.165) is 11.6 Å². The second-order valence-corrected chi connectivity index (χ2v) is 6.67. The fraction of sp³-hybridized carbons (Fsp3) is 0.300. The number of carbonyl (C=O) groups excluding carboxylic acids is 2. The van der Waals surface area contributed by atoms with Gasteiger partial charge in [0.1, 0.15) is 0 Å². The molecule has 0 spiro atoms. The van der Waals surface area contributed by atoms with E-state index < -0.39 is 17.8 Å². The summed E-state index contributed by atoms with van der Waals surface area (Å²) in [5.74, 6) is -0.574. The highest BCUT2D eigenvalue weighted by atomic mass is 19.4. The molecule has 2 aromatic carbocycles. The van der Waals surface area contributed by atoms with Crippen LogP contribution in [0.4, 0.5) is 13.2 Å². The number of hydrogen-bond donors (Lipinski definition) is 1. The van der Waals surface area contributed by atoms with Gasteiger partial charge in [-0.25, -0.2) is 0 Å². The summed E-state index contributed by atoms with van der Waals surface area (Å²) >= 11 is 0. The van der Waals surface area contributed by atoms with Crippen LogP contribution >= 0.6 is 0 Å². The number of nitrogens with one attached hydrogen (secondary N) is 1. The van der Waals surface area contributed by atoms with Gasteiger partial charge < -0.3 is 10.2 Å². The Morgan fingerprint density at radius 3 is 2.63 bits per heavy atom. The summed E-state index contributed by atoms with van der Waals surface area (Å²) < 4.78 is 39.4. The standard InChI is InChI=1S/C20H19F3N2O2/c1-13-5-4-7-14(9-13)19(27)24-16-10-18(26)25(12-16)11-15-6-2-3-8-17(15)20(21,22)23/h2-9,16H,10-12H2,1H3,(H,24,27). The summed E-state index contributed by atoms with van der Waals surface area (Å²) in [6, 6.07) is 11.8. The third-order valence-electron chi connectivity index (χ3n) is 4.51. The topological polar surface area (TPSA) is 49.4 Å². The molecule has 1 atom stereocenters. The number of alkyl halides is 3. The number of amides is 2. The van der Waals surface area contributed by atoms with Crippen molar-refractivity contribution in [1.29, 1.82) is 0 Å². The van der Waals surface area contributed by atoms with Crippen LogP contribution in [-0.2, 0) is 17.5 Å². The van der Waals surface area contributed by atoms with Crippen LogP contribution in [0.1, 0.15) is 33.5 Å². The summed E-state index contributed by atoms with van der Waals surface area (Å²) in [5, 5.41) is 2.79. The van der Waals surface area contributed by atoms with E-state index in [-0.39, 0.29) is 36.9 Å². The third-order valence-corrected chi connectivity index (χ3v) is 4.51.